The van der Waals surface area contributed by atoms with Crippen molar-refractivity contribution in [2.45, 2.75) is 12.8 Å². The van der Waals surface area contributed by atoms with Crippen LogP contribution in [0.2, 0.25) is 10.0 Å². The zero-order chi connectivity index (χ0) is 18.4. The first-order valence-electron chi connectivity index (χ1n) is 8.18. The average molecular weight is 432 g/mol. The molecule has 3 aromatic heterocycles. The monoisotopic (exact) mass is 431 g/mol. The van der Waals surface area contributed by atoms with E-state index in [4.69, 9.17) is 23.2 Å². The number of halogens is 2. The number of benzene rings is 2. The van der Waals surface area contributed by atoms with Gasteiger partial charge in [0.2, 0.25) is 4.96 Å². The molecule has 3 heterocycles. The van der Waals surface area contributed by atoms with Crippen LogP contribution in [0.3, 0.4) is 0 Å². The van der Waals surface area contributed by atoms with E-state index in [1.165, 1.54) is 16.0 Å². The predicted molar refractivity (Wildman–Crippen MR) is 111 cm³/mol. The van der Waals surface area contributed by atoms with Gasteiger partial charge < -0.3 is 0 Å². The Kier molecular flexibility index (Phi) is 4.32. The van der Waals surface area contributed by atoms with Gasteiger partial charge in [0.1, 0.15) is 5.01 Å². The van der Waals surface area contributed by atoms with Crippen LogP contribution in [-0.4, -0.2) is 24.8 Å². The maximum atomic E-state index is 6.31. The Morgan fingerprint density at radius 3 is 2.63 bits per heavy atom. The van der Waals surface area contributed by atoms with E-state index >= 15 is 0 Å². The van der Waals surface area contributed by atoms with Crippen molar-refractivity contribution >= 4 is 61.1 Å². The van der Waals surface area contributed by atoms with Gasteiger partial charge in [0.25, 0.3) is 0 Å². The summed E-state index contributed by atoms with van der Waals surface area (Å²) < 4.78 is 2.96. The molecule has 27 heavy (non-hydrogen) atoms. The Bertz CT molecular complexity index is 1240. The summed E-state index contributed by atoms with van der Waals surface area (Å²) >= 11 is 15.6. The first-order valence-corrected chi connectivity index (χ1v) is 10.6. The summed E-state index contributed by atoms with van der Waals surface area (Å²) in [5.41, 5.74) is 1.81. The minimum absolute atomic E-state index is 0.529. The lowest BCUT2D eigenvalue weighted by atomic mass is 10.2. The number of rotatable bonds is 4. The molecule has 0 amide bonds. The molecule has 0 aliphatic carbocycles. The molecular formula is C18H11Cl2N5S2. The summed E-state index contributed by atoms with van der Waals surface area (Å²) in [7, 11) is 0. The molecular weight excluding hydrogens is 421 g/mol. The van der Waals surface area contributed by atoms with Gasteiger partial charge >= 0.3 is 0 Å². The van der Waals surface area contributed by atoms with Gasteiger partial charge in [0.15, 0.2) is 5.82 Å². The molecule has 0 N–H and O–H groups in total. The van der Waals surface area contributed by atoms with Crippen LogP contribution in [-0.2, 0) is 12.8 Å². The second-order valence-corrected chi connectivity index (χ2v) is 8.91. The zero-order valence-corrected chi connectivity index (χ0v) is 16.9. The van der Waals surface area contributed by atoms with Crippen LogP contribution in [0.5, 0.6) is 0 Å². The predicted octanol–water partition coefficient (Wildman–Crippen LogP) is 5.55. The van der Waals surface area contributed by atoms with Crippen molar-refractivity contribution in [1.29, 1.82) is 0 Å². The number of hydrogen-bond acceptors (Lipinski definition) is 6. The largest absolute Gasteiger partial charge is 0.241 e. The molecule has 9 heteroatoms. The first-order chi connectivity index (χ1) is 13.2. The van der Waals surface area contributed by atoms with Gasteiger partial charge in [-0.25, -0.2) is 4.98 Å². The minimum Gasteiger partial charge on any atom is -0.241 e. The molecule has 2 aromatic carbocycles. The molecule has 0 aliphatic heterocycles. The van der Waals surface area contributed by atoms with Crippen LogP contribution in [0.4, 0.5) is 0 Å². The SMILES string of the molecule is Clc1ccc(-c2nnc3sc(CCc4nc5ccccc5s4)nn23)c(Cl)c1. The molecule has 0 spiro atoms. The molecule has 0 bridgehead atoms. The van der Waals surface area contributed by atoms with Crippen molar-refractivity contribution in [2.75, 3.05) is 0 Å². The van der Waals surface area contributed by atoms with Gasteiger partial charge in [0, 0.05) is 23.4 Å². The van der Waals surface area contributed by atoms with E-state index < -0.39 is 0 Å². The lowest BCUT2D eigenvalue weighted by Gasteiger charge is -2.01. The molecule has 0 aliphatic rings. The van der Waals surface area contributed by atoms with Crippen LogP contribution >= 0.6 is 45.9 Å². The van der Waals surface area contributed by atoms with Crippen LogP contribution < -0.4 is 0 Å². The summed E-state index contributed by atoms with van der Waals surface area (Å²) in [6.45, 7) is 0. The van der Waals surface area contributed by atoms with Crippen molar-refractivity contribution in [3.8, 4) is 11.4 Å². The molecule has 0 atom stereocenters. The molecule has 0 fully saturated rings. The van der Waals surface area contributed by atoms with Gasteiger partial charge in [-0.2, -0.15) is 9.61 Å². The van der Waals surface area contributed by atoms with E-state index in [0.717, 1.165) is 38.9 Å². The van der Waals surface area contributed by atoms with E-state index in [9.17, 15) is 0 Å². The van der Waals surface area contributed by atoms with Crippen LogP contribution in [0.1, 0.15) is 10.0 Å². The van der Waals surface area contributed by atoms with Gasteiger partial charge in [-0.3, -0.25) is 0 Å². The average Bonchev–Trinajstić information content (AvgIpc) is 3.33. The van der Waals surface area contributed by atoms with Gasteiger partial charge in [-0.05, 0) is 30.3 Å². The molecule has 0 unspecified atom stereocenters. The van der Waals surface area contributed by atoms with Gasteiger partial charge in [0.05, 0.1) is 20.2 Å². The fourth-order valence-corrected chi connectivity index (χ4v) is 5.13. The Balaban J connectivity index is 1.42. The zero-order valence-electron chi connectivity index (χ0n) is 13.8. The number of hydrogen-bond donors (Lipinski definition) is 0. The van der Waals surface area contributed by atoms with Crippen molar-refractivity contribution in [2.24, 2.45) is 0 Å². The maximum Gasteiger partial charge on any atom is 0.234 e. The molecule has 0 saturated heterocycles. The van der Waals surface area contributed by atoms with Crippen molar-refractivity contribution in [3.63, 3.8) is 0 Å². The van der Waals surface area contributed by atoms with Crippen LogP contribution in [0, 0.1) is 0 Å². The maximum absolute atomic E-state index is 6.31. The highest BCUT2D eigenvalue weighted by Gasteiger charge is 2.16. The number of fused-ring (bicyclic) bond motifs is 2. The lowest BCUT2D eigenvalue weighted by molar-refractivity contribution is 0.862. The third-order valence-electron chi connectivity index (χ3n) is 4.10. The number of para-hydroxylation sites is 1. The standard InChI is InChI=1S/C18H11Cl2N5S2/c19-10-5-6-11(12(20)9-10)17-22-23-18-25(17)24-16(27-18)8-7-15-21-13-3-1-2-4-14(13)26-15/h1-6,9H,7-8H2. The fourth-order valence-electron chi connectivity index (χ4n) is 2.84. The second-order valence-electron chi connectivity index (χ2n) is 5.91. The number of nitrogens with zero attached hydrogens (tertiary/aromatic N) is 5. The third-order valence-corrected chi connectivity index (χ3v) is 6.70. The van der Waals surface area contributed by atoms with Gasteiger partial charge in [-0.15, -0.1) is 21.5 Å². The van der Waals surface area contributed by atoms with Gasteiger partial charge in [-0.1, -0.05) is 46.7 Å². The first kappa shape index (κ1) is 17.1. The van der Waals surface area contributed by atoms with E-state index in [1.54, 1.807) is 28.0 Å². The minimum atomic E-state index is 0.529. The fraction of sp³-hybridized carbons (Fsp3) is 0.111. The number of aryl methyl sites for hydroxylation is 2. The van der Waals surface area contributed by atoms with Crippen LogP contribution in [0.25, 0.3) is 26.6 Å². The summed E-state index contributed by atoms with van der Waals surface area (Å²) in [6.07, 6.45) is 1.65. The summed E-state index contributed by atoms with van der Waals surface area (Å²) in [6, 6.07) is 13.5. The van der Waals surface area contributed by atoms with Crippen molar-refractivity contribution in [3.05, 3.63) is 62.5 Å². The van der Waals surface area contributed by atoms with E-state index in [2.05, 4.69) is 26.3 Å². The van der Waals surface area contributed by atoms with E-state index in [1.807, 2.05) is 24.3 Å². The van der Waals surface area contributed by atoms with E-state index in [-0.39, 0.29) is 0 Å². The Hall–Kier alpha value is -2.06. The highest BCUT2D eigenvalue weighted by Crippen LogP contribution is 2.30. The van der Waals surface area contributed by atoms with Crippen molar-refractivity contribution in [1.82, 2.24) is 24.8 Å². The molecule has 0 radical (unpaired) electrons. The summed E-state index contributed by atoms with van der Waals surface area (Å²) in [5, 5.41) is 16.4. The highest BCUT2D eigenvalue weighted by molar-refractivity contribution is 7.18. The van der Waals surface area contributed by atoms with E-state index in [0.29, 0.717) is 15.9 Å². The number of thiazole rings is 1. The summed E-state index contributed by atoms with van der Waals surface area (Å²) in [5.74, 6) is 0.620. The molecule has 134 valence electrons. The molecule has 0 saturated carbocycles. The number of aromatic nitrogens is 5. The van der Waals surface area contributed by atoms with Crippen LogP contribution in [0.15, 0.2) is 42.5 Å². The topological polar surface area (TPSA) is 56.0 Å². The summed E-state index contributed by atoms with van der Waals surface area (Å²) in [4.78, 5) is 5.43. The highest BCUT2D eigenvalue weighted by atomic mass is 35.5. The molecule has 5 nitrogen and oxygen atoms in total. The second kappa shape index (κ2) is 6.83. The Morgan fingerprint density at radius 2 is 1.78 bits per heavy atom. The smallest absolute Gasteiger partial charge is 0.234 e. The lowest BCUT2D eigenvalue weighted by Crippen LogP contribution is -1.95. The quantitative estimate of drug-likeness (QED) is 0.373. The normalized spacial score (nSPS) is 11.6. The molecule has 5 aromatic rings. The Labute approximate surface area is 172 Å². The third kappa shape index (κ3) is 3.21. The van der Waals surface area contributed by atoms with Crippen molar-refractivity contribution < 1.29 is 0 Å². The Morgan fingerprint density at radius 1 is 0.926 bits per heavy atom. The molecule has 5 rings (SSSR count).